The number of nitrogens with zero attached hydrogens (tertiary/aromatic N) is 4. The Bertz CT molecular complexity index is 1050. The van der Waals surface area contributed by atoms with Gasteiger partial charge in [0.1, 0.15) is 0 Å². The Hall–Kier alpha value is -3.22. The van der Waals surface area contributed by atoms with Crippen molar-refractivity contribution >= 4 is 11.0 Å². The van der Waals surface area contributed by atoms with E-state index in [1.165, 1.54) is 0 Å². The molecule has 4 aromatic rings. The lowest BCUT2D eigenvalue weighted by Gasteiger charge is -2.07. The van der Waals surface area contributed by atoms with Gasteiger partial charge in [-0.3, -0.25) is 4.98 Å². The van der Waals surface area contributed by atoms with Gasteiger partial charge in [-0.15, -0.1) is 0 Å². The maximum Gasteiger partial charge on any atom is 0.257 e. The van der Waals surface area contributed by atoms with Gasteiger partial charge in [0.2, 0.25) is 0 Å². The summed E-state index contributed by atoms with van der Waals surface area (Å²) in [5.74, 6) is 0.676. The zero-order valence-electron chi connectivity index (χ0n) is 13.1. The van der Waals surface area contributed by atoms with E-state index in [-0.39, 0.29) is 0 Å². The third-order valence-electron chi connectivity index (χ3n) is 4.02. The normalized spacial score (nSPS) is 11.2. The third-order valence-corrected chi connectivity index (χ3v) is 4.02. The molecule has 0 aliphatic heterocycles. The fourth-order valence-corrected chi connectivity index (χ4v) is 2.87. The van der Waals surface area contributed by atoms with Gasteiger partial charge in [0.25, 0.3) is 11.4 Å². The van der Waals surface area contributed by atoms with Crippen LogP contribution in [0.15, 0.2) is 53.4 Å². The summed E-state index contributed by atoms with van der Waals surface area (Å²) in [6.07, 6.45) is 4.11. The van der Waals surface area contributed by atoms with Gasteiger partial charge in [-0.25, -0.2) is 4.98 Å². The van der Waals surface area contributed by atoms with Gasteiger partial charge in [0.05, 0.1) is 17.6 Å². The first-order valence-corrected chi connectivity index (χ1v) is 7.76. The lowest BCUT2D eigenvalue weighted by molar-refractivity contribution is -0.719. The van der Waals surface area contributed by atoms with Gasteiger partial charge in [0, 0.05) is 18.8 Å². The maximum absolute atomic E-state index is 11.8. The number of fused-ring (bicyclic) bond motifs is 1. The van der Waals surface area contributed by atoms with Gasteiger partial charge in [-0.1, -0.05) is 34.9 Å². The maximum atomic E-state index is 11.8. The number of aromatic amines is 1. The van der Waals surface area contributed by atoms with Gasteiger partial charge in [-0.05, 0) is 28.7 Å². The molecular formula is C17H16N5O2+. The number of pyridine rings is 1. The molecule has 0 aliphatic rings. The molecule has 120 valence electrons. The smallest absolute Gasteiger partial charge is 0.257 e. The van der Waals surface area contributed by atoms with E-state index in [1.807, 2.05) is 49.5 Å². The number of hydrogen-bond acceptors (Lipinski definition) is 4. The Morgan fingerprint density at radius 2 is 2.12 bits per heavy atom. The van der Waals surface area contributed by atoms with E-state index in [4.69, 9.17) is 9.61 Å². The standard InChI is InChI=1S/C17H16N5O2/c1-2-14-16(20-24-22(14)23)17-19-13-7-3-4-8-15(13)21(17)11-12-6-5-9-18-10-12/h3-10,20H,2,11H2,1H3/q+1. The zero-order valence-corrected chi connectivity index (χ0v) is 13.1. The molecule has 1 aromatic carbocycles. The van der Waals surface area contributed by atoms with Crippen LogP contribution in [-0.4, -0.2) is 19.7 Å². The molecular weight excluding hydrogens is 306 g/mol. The lowest BCUT2D eigenvalue weighted by atomic mass is 10.2. The molecule has 4 rings (SSSR count). The summed E-state index contributed by atoms with van der Waals surface area (Å²) in [5, 5.41) is 2.70. The first kappa shape index (κ1) is 14.4. The fourth-order valence-electron chi connectivity index (χ4n) is 2.87. The van der Waals surface area contributed by atoms with E-state index in [0.29, 0.717) is 34.8 Å². The van der Waals surface area contributed by atoms with Crippen LogP contribution in [0.5, 0.6) is 0 Å². The van der Waals surface area contributed by atoms with E-state index in [0.717, 1.165) is 16.6 Å². The minimum absolute atomic E-state index is 0.503. The van der Waals surface area contributed by atoms with Crippen molar-refractivity contribution < 1.29 is 9.23 Å². The molecule has 1 N–H and O–H groups in total. The second kappa shape index (κ2) is 5.77. The number of rotatable bonds is 4. The highest BCUT2D eigenvalue weighted by molar-refractivity contribution is 5.80. The van der Waals surface area contributed by atoms with Gasteiger partial charge < -0.3 is 4.57 Å². The van der Waals surface area contributed by atoms with Crippen molar-refractivity contribution in [1.29, 1.82) is 0 Å². The van der Waals surface area contributed by atoms with Crippen molar-refractivity contribution in [1.82, 2.24) is 19.7 Å². The van der Waals surface area contributed by atoms with Gasteiger partial charge >= 0.3 is 0 Å². The summed E-state index contributed by atoms with van der Waals surface area (Å²) in [6.45, 7) is 2.51. The average Bonchev–Trinajstić information content (AvgIpc) is 3.16. The summed E-state index contributed by atoms with van der Waals surface area (Å²) in [5.41, 5.74) is 4.04. The summed E-state index contributed by atoms with van der Waals surface area (Å²) in [6, 6.07) is 11.8. The fraction of sp³-hybridized carbons (Fsp3) is 0.176. The van der Waals surface area contributed by atoms with Gasteiger partial charge in [-0.2, -0.15) is 0 Å². The van der Waals surface area contributed by atoms with Crippen LogP contribution in [0.2, 0.25) is 0 Å². The Labute approximate surface area is 137 Å². The zero-order chi connectivity index (χ0) is 16.5. The largest absolute Gasteiger partial charge is 0.316 e. The summed E-state index contributed by atoms with van der Waals surface area (Å²) in [7, 11) is 0. The number of H-pyrrole nitrogens is 1. The first-order chi connectivity index (χ1) is 11.8. The van der Waals surface area contributed by atoms with E-state index < -0.39 is 0 Å². The molecule has 0 saturated carbocycles. The van der Waals surface area contributed by atoms with E-state index >= 15 is 0 Å². The van der Waals surface area contributed by atoms with Crippen LogP contribution in [0.3, 0.4) is 0 Å². The molecule has 0 spiro atoms. The molecule has 0 bridgehead atoms. The van der Waals surface area contributed by atoms with Crippen molar-refractivity contribution in [3.8, 4) is 11.5 Å². The van der Waals surface area contributed by atoms with Crippen LogP contribution in [0.25, 0.3) is 22.6 Å². The second-order valence-electron chi connectivity index (χ2n) is 5.50. The van der Waals surface area contributed by atoms with Crippen LogP contribution >= 0.6 is 0 Å². The monoisotopic (exact) mass is 322 g/mol. The molecule has 0 saturated heterocycles. The van der Waals surface area contributed by atoms with Crippen molar-refractivity contribution in [2.45, 2.75) is 19.9 Å². The van der Waals surface area contributed by atoms with Crippen LogP contribution in [-0.2, 0) is 13.0 Å². The molecule has 0 aliphatic carbocycles. The Balaban J connectivity index is 1.94. The number of imidazole rings is 1. The highest BCUT2D eigenvalue weighted by Gasteiger charge is 2.26. The Morgan fingerprint density at radius 1 is 1.25 bits per heavy atom. The molecule has 7 nitrogen and oxygen atoms in total. The molecule has 0 fully saturated rings. The summed E-state index contributed by atoms with van der Waals surface area (Å²) < 4.78 is 7.48. The average molecular weight is 322 g/mol. The lowest BCUT2D eigenvalue weighted by Crippen LogP contribution is -2.15. The first-order valence-electron chi connectivity index (χ1n) is 7.76. The topological polar surface area (TPSA) is 82.6 Å². The predicted octanol–water partition coefficient (Wildman–Crippen LogP) is 2.54. The molecule has 7 heteroatoms. The van der Waals surface area contributed by atoms with E-state index in [2.05, 4.69) is 14.7 Å². The van der Waals surface area contributed by atoms with E-state index in [9.17, 15) is 4.91 Å². The molecule has 0 amide bonds. The number of benzene rings is 1. The third kappa shape index (κ3) is 2.30. The Morgan fingerprint density at radius 3 is 2.92 bits per heavy atom. The number of aromatic nitrogens is 5. The molecule has 3 heterocycles. The highest BCUT2D eigenvalue weighted by Crippen LogP contribution is 2.26. The van der Waals surface area contributed by atoms with Crippen molar-refractivity contribution in [3.63, 3.8) is 0 Å². The SMILES string of the molecule is CCc1c(-c2nc3ccccc3n2Cc2cccnc2)[nH]o[n+]1=O. The number of para-hydroxylation sites is 2. The van der Waals surface area contributed by atoms with Crippen molar-refractivity contribution in [2.75, 3.05) is 0 Å². The van der Waals surface area contributed by atoms with Gasteiger partial charge in [0.15, 0.2) is 10.4 Å². The van der Waals surface area contributed by atoms with Crippen molar-refractivity contribution in [3.05, 3.63) is 65.0 Å². The number of hydrogen-bond donors (Lipinski definition) is 1. The van der Waals surface area contributed by atoms with Crippen LogP contribution in [0.4, 0.5) is 0 Å². The molecule has 0 atom stereocenters. The highest BCUT2D eigenvalue weighted by atomic mass is 16.7. The van der Waals surface area contributed by atoms with Crippen LogP contribution in [0, 0.1) is 4.91 Å². The number of nitrogens with one attached hydrogen (secondary N) is 1. The molecule has 24 heavy (non-hydrogen) atoms. The van der Waals surface area contributed by atoms with Crippen molar-refractivity contribution in [2.24, 2.45) is 0 Å². The molecule has 0 radical (unpaired) electrons. The van der Waals surface area contributed by atoms with E-state index in [1.54, 1.807) is 6.20 Å². The second-order valence-corrected chi connectivity index (χ2v) is 5.50. The summed E-state index contributed by atoms with van der Waals surface area (Å²) >= 11 is 0. The molecule has 3 aromatic heterocycles. The minimum Gasteiger partial charge on any atom is -0.316 e. The minimum atomic E-state index is 0.503. The van der Waals surface area contributed by atoms with Crippen LogP contribution in [0.1, 0.15) is 18.2 Å². The quantitative estimate of drug-likeness (QED) is 0.626. The van der Waals surface area contributed by atoms with Crippen LogP contribution < -0.4 is 4.60 Å². The molecule has 0 unspecified atom stereocenters. The Kier molecular flexibility index (Phi) is 3.45. The predicted molar refractivity (Wildman–Crippen MR) is 87.9 cm³/mol. The summed E-state index contributed by atoms with van der Waals surface area (Å²) in [4.78, 5) is 20.7.